The number of carbonyl (C=O) groups excluding carboxylic acids is 1. The molecule has 3 rings (SSSR count). The van der Waals surface area contributed by atoms with Crippen molar-refractivity contribution in [3.05, 3.63) is 83.4 Å². The molecule has 0 aliphatic carbocycles. The minimum atomic E-state index is -4.10. The molecule has 0 heterocycles. The lowest BCUT2D eigenvalue weighted by atomic mass is 9.86. The number of amides is 1. The van der Waals surface area contributed by atoms with E-state index < -0.39 is 22.5 Å². The maximum absolute atomic E-state index is 13.6. The zero-order chi connectivity index (χ0) is 27.1. The van der Waals surface area contributed by atoms with E-state index in [4.69, 9.17) is 21.1 Å². The summed E-state index contributed by atoms with van der Waals surface area (Å²) >= 11 is 5.95. The highest BCUT2D eigenvalue weighted by atomic mass is 35.5. The first kappa shape index (κ1) is 28.3. The van der Waals surface area contributed by atoms with Gasteiger partial charge in [-0.3, -0.25) is 9.10 Å². The number of carbonyl (C=O) groups is 1. The molecule has 9 heteroatoms. The molecule has 1 amide bonds. The Morgan fingerprint density at radius 3 is 2.19 bits per heavy atom. The Morgan fingerprint density at radius 2 is 1.54 bits per heavy atom. The number of benzene rings is 3. The molecule has 0 bridgehead atoms. The summed E-state index contributed by atoms with van der Waals surface area (Å²) in [5.41, 5.74) is 1.24. The number of para-hydroxylation sites is 3. The molecule has 1 N–H and O–H groups in total. The Labute approximate surface area is 224 Å². The molecule has 3 aromatic rings. The third-order valence-electron chi connectivity index (χ3n) is 5.50. The van der Waals surface area contributed by atoms with Gasteiger partial charge in [-0.1, -0.05) is 62.7 Å². The molecule has 198 valence electrons. The maximum atomic E-state index is 13.6. The number of hydrogen-bond donors (Lipinski definition) is 1. The van der Waals surface area contributed by atoms with Crippen LogP contribution < -0.4 is 19.1 Å². The summed E-state index contributed by atoms with van der Waals surface area (Å²) in [5.74, 6) is 0.635. The molecule has 7 nitrogen and oxygen atoms in total. The molecular weight excluding hydrogens is 512 g/mol. The van der Waals surface area contributed by atoms with E-state index in [1.54, 1.807) is 31.2 Å². The summed E-state index contributed by atoms with van der Waals surface area (Å²) in [5, 5.41) is 3.17. The average Bonchev–Trinajstić information content (AvgIpc) is 2.86. The first-order valence-electron chi connectivity index (χ1n) is 12.0. The summed E-state index contributed by atoms with van der Waals surface area (Å²) in [6.45, 7) is 8.46. The standard InChI is InChI=1S/C28H33ClN2O5S/c1-5-35-26-13-9-7-11-24(26)31(37(33,34)22-16-14-21(29)15-17-22)20-27(32)30-18-19-36-25-12-8-6-10-23(25)28(2,3)4/h6-17H,5,18-20H2,1-4H3,(H,30,32). The fraction of sp³-hybridized carbons (Fsp3) is 0.321. The third-order valence-corrected chi connectivity index (χ3v) is 7.53. The fourth-order valence-electron chi connectivity index (χ4n) is 3.72. The van der Waals surface area contributed by atoms with Crippen LogP contribution in [0.4, 0.5) is 5.69 Å². The van der Waals surface area contributed by atoms with Crippen LogP contribution in [0.3, 0.4) is 0 Å². The van der Waals surface area contributed by atoms with Crippen LogP contribution in [0, 0.1) is 0 Å². The van der Waals surface area contributed by atoms with E-state index in [1.807, 2.05) is 24.3 Å². The van der Waals surface area contributed by atoms with Crippen molar-refractivity contribution < 1.29 is 22.7 Å². The lowest BCUT2D eigenvalue weighted by Gasteiger charge is -2.26. The number of sulfonamides is 1. The molecule has 0 unspecified atom stereocenters. The normalized spacial score (nSPS) is 11.6. The van der Waals surface area contributed by atoms with Crippen molar-refractivity contribution in [2.75, 3.05) is 30.6 Å². The predicted octanol–water partition coefficient (Wildman–Crippen LogP) is 5.43. The van der Waals surface area contributed by atoms with Crippen LogP contribution in [0.2, 0.25) is 5.02 Å². The summed E-state index contributed by atoms with van der Waals surface area (Å²) in [4.78, 5) is 12.9. The van der Waals surface area contributed by atoms with E-state index >= 15 is 0 Å². The highest BCUT2D eigenvalue weighted by molar-refractivity contribution is 7.92. The summed E-state index contributed by atoms with van der Waals surface area (Å²) in [6, 6.07) is 20.3. The zero-order valence-electron chi connectivity index (χ0n) is 21.5. The molecule has 0 aromatic heterocycles. The van der Waals surface area contributed by atoms with Gasteiger partial charge in [0.05, 0.1) is 23.7 Å². The Hall–Kier alpha value is -3.23. The van der Waals surface area contributed by atoms with Gasteiger partial charge >= 0.3 is 0 Å². The van der Waals surface area contributed by atoms with Gasteiger partial charge in [-0.25, -0.2) is 8.42 Å². The number of nitrogens with one attached hydrogen (secondary N) is 1. The molecule has 3 aromatic carbocycles. The molecule has 0 aliphatic heterocycles. The topological polar surface area (TPSA) is 84.9 Å². The molecule has 0 spiro atoms. The maximum Gasteiger partial charge on any atom is 0.264 e. The fourth-order valence-corrected chi connectivity index (χ4v) is 5.28. The van der Waals surface area contributed by atoms with Crippen molar-refractivity contribution in [1.82, 2.24) is 5.32 Å². The van der Waals surface area contributed by atoms with Crippen molar-refractivity contribution in [2.24, 2.45) is 0 Å². The van der Waals surface area contributed by atoms with Crippen molar-refractivity contribution in [3.8, 4) is 11.5 Å². The number of hydrogen-bond acceptors (Lipinski definition) is 5. The van der Waals surface area contributed by atoms with E-state index in [0.29, 0.717) is 17.4 Å². The minimum Gasteiger partial charge on any atom is -0.492 e. The highest BCUT2D eigenvalue weighted by Gasteiger charge is 2.29. The molecule has 0 fully saturated rings. The van der Waals surface area contributed by atoms with Crippen LogP contribution in [0.15, 0.2) is 77.7 Å². The highest BCUT2D eigenvalue weighted by Crippen LogP contribution is 2.33. The molecule has 0 saturated heterocycles. The van der Waals surface area contributed by atoms with Crippen LogP contribution in [-0.2, 0) is 20.2 Å². The van der Waals surface area contributed by atoms with E-state index in [1.165, 1.54) is 24.3 Å². The number of halogens is 1. The van der Waals surface area contributed by atoms with Gasteiger partial charge in [-0.2, -0.15) is 0 Å². The van der Waals surface area contributed by atoms with Crippen LogP contribution in [-0.4, -0.2) is 40.6 Å². The second-order valence-electron chi connectivity index (χ2n) is 9.31. The van der Waals surface area contributed by atoms with Crippen LogP contribution in [0.25, 0.3) is 0 Å². The van der Waals surface area contributed by atoms with Gasteiger partial charge in [-0.15, -0.1) is 0 Å². The molecule has 37 heavy (non-hydrogen) atoms. The second kappa shape index (κ2) is 12.3. The van der Waals surface area contributed by atoms with Crippen LogP contribution in [0.5, 0.6) is 11.5 Å². The summed E-state index contributed by atoms with van der Waals surface area (Å²) < 4.78 is 39.8. The number of ether oxygens (including phenoxy) is 2. The predicted molar refractivity (Wildman–Crippen MR) is 147 cm³/mol. The first-order valence-corrected chi connectivity index (χ1v) is 13.8. The number of nitrogens with zero attached hydrogens (tertiary/aromatic N) is 1. The Bertz CT molecular complexity index is 1300. The van der Waals surface area contributed by atoms with E-state index in [-0.39, 0.29) is 29.1 Å². The van der Waals surface area contributed by atoms with E-state index in [0.717, 1.165) is 15.6 Å². The third kappa shape index (κ3) is 7.40. The van der Waals surface area contributed by atoms with Crippen LogP contribution >= 0.6 is 11.6 Å². The van der Waals surface area contributed by atoms with Crippen molar-refractivity contribution in [1.29, 1.82) is 0 Å². The molecule has 0 atom stereocenters. The molecule has 0 aliphatic rings. The SMILES string of the molecule is CCOc1ccccc1N(CC(=O)NCCOc1ccccc1C(C)(C)C)S(=O)(=O)c1ccc(Cl)cc1. The van der Waals surface area contributed by atoms with Gasteiger partial charge in [0.25, 0.3) is 10.0 Å². The van der Waals surface area contributed by atoms with E-state index in [2.05, 4.69) is 26.1 Å². The Morgan fingerprint density at radius 1 is 0.919 bits per heavy atom. The van der Waals surface area contributed by atoms with Gasteiger partial charge in [0.15, 0.2) is 0 Å². The lowest BCUT2D eigenvalue weighted by molar-refractivity contribution is -0.119. The Balaban J connectivity index is 1.76. The van der Waals surface area contributed by atoms with Gasteiger partial charge in [-0.05, 0) is 60.4 Å². The second-order valence-corrected chi connectivity index (χ2v) is 11.6. The molecule has 0 saturated carbocycles. The first-order chi connectivity index (χ1) is 17.5. The molecular formula is C28H33ClN2O5S. The largest absolute Gasteiger partial charge is 0.492 e. The van der Waals surface area contributed by atoms with Gasteiger partial charge in [0.1, 0.15) is 24.7 Å². The van der Waals surface area contributed by atoms with Crippen molar-refractivity contribution in [3.63, 3.8) is 0 Å². The molecule has 0 radical (unpaired) electrons. The van der Waals surface area contributed by atoms with Crippen molar-refractivity contribution >= 4 is 33.2 Å². The van der Waals surface area contributed by atoms with Crippen LogP contribution in [0.1, 0.15) is 33.3 Å². The minimum absolute atomic E-state index is 0.0122. The average molecular weight is 545 g/mol. The monoisotopic (exact) mass is 544 g/mol. The number of rotatable bonds is 11. The van der Waals surface area contributed by atoms with Gasteiger partial charge in [0.2, 0.25) is 5.91 Å². The Kier molecular flexibility index (Phi) is 9.45. The van der Waals surface area contributed by atoms with Gasteiger partial charge in [0, 0.05) is 5.02 Å². The lowest BCUT2D eigenvalue weighted by Crippen LogP contribution is -2.42. The zero-order valence-corrected chi connectivity index (χ0v) is 23.1. The summed E-state index contributed by atoms with van der Waals surface area (Å²) in [7, 11) is -4.10. The van der Waals surface area contributed by atoms with Crippen molar-refractivity contribution in [2.45, 2.75) is 38.0 Å². The van der Waals surface area contributed by atoms with Gasteiger partial charge < -0.3 is 14.8 Å². The van der Waals surface area contributed by atoms with E-state index in [9.17, 15) is 13.2 Å². The smallest absolute Gasteiger partial charge is 0.264 e. The number of anilines is 1. The quantitative estimate of drug-likeness (QED) is 0.325. The summed E-state index contributed by atoms with van der Waals surface area (Å²) in [6.07, 6.45) is 0.